The first-order chi connectivity index (χ1) is 15.5. The molecule has 3 N–H and O–H groups in total. The van der Waals surface area contributed by atoms with E-state index in [9.17, 15) is 9.59 Å². The van der Waals surface area contributed by atoms with Crippen molar-refractivity contribution in [1.29, 1.82) is 0 Å². The van der Waals surface area contributed by atoms with Gasteiger partial charge < -0.3 is 11.1 Å². The van der Waals surface area contributed by atoms with E-state index in [1.165, 1.54) is 31.0 Å². The molecule has 4 rings (SSSR count). The van der Waals surface area contributed by atoms with Crippen LogP contribution in [0, 0.1) is 0 Å². The highest BCUT2D eigenvalue weighted by molar-refractivity contribution is 8.00. The summed E-state index contributed by atoms with van der Waals surface area (Å²) >= 11 is 1.34. The van der Waals surface area contributed by atoms with Gasteiger partial charge in [-0.3, -0.25) is 9.59 Å². The summed E-state index contributed by atoms with van der Waals surface area (Å²) in [7, 11) is 0. The molecule has 1 aromatic heterocycles. The molecular formula is C24H27N5O2S. The predicted molar refractivity (Wildman–Crippen MR) is 126 cm³/mol. The van der Waals surface area contributed by atoms with Crippen LogP contribution in [-0.4, -0.2) is 31.8 Å². The molecule has 0 bridgehead atoms. The van der Waals surface area contributed by atoms with E-state index in [1.54, 1.807) is 24.3 Å². The van der Waals surface area contributed by atoms with Gasteiger partial charge >= 0.3 is 0 Å². The molecule has 7 nitrogen and oxygen atoms in total. The smallest absolute Gasteiger partial charge is 0.248 e. The van der Waals surface area contributed by atoms with Crippen molar-refractivity contribution < 1.29 is 9.59 Å². The van der Waals surface area contributed by atoms with E-state index in [-0.39, 0.29) is 5.91 Å². The van der Waals surface area contributed by atoms with Crippen LogP contribution in [0.15, 0.2) is 59.8 Å². The lowest BCUT2D eigenvalue weighted by Gasteiger charge is -2.21. The zero-order chi connectivity index (χ0) is 22.5. The van der Waals surface area contributed by atoms with Gasteiger partial charge in [-0.1, -0.05) is 49.2 Å². The molecule has 0 spiro atoms. The number of carbonyl (C=O) groups excluding carboxylic acids is 2. The molecule has 1 aliphatic rings. The van der Waals surface area contributed by atoms with Crippen LogP contribution >= 0.6 is 11.8 Å². The van der Waals surface area contributed by atoms with Gasteiger partial charge in [0.2, 0.25) is 17.0 Å². The summed E-state index contributed by atoms with van der Waals surface area (Å²) in [6.45, 7) is 1.83. The van der Waals surface area contributed by atoms with Gasteiger partial charge in [-0.25, -0.2) is 9.67 Å². The summed E-state index contributed by atoms with van der Waals surface area (Å²) in [5, 5.41) is 7.83. The van der Waals surface area contributed by atoms with Gasteiger partial charge in [0, 0.05) is 17.2 Å². The maximum atomic E-state index is 12.7. The molecule has 2 amide bonds. The van der Waals surface area contributed by atoms with E-state index >= 15 is 0 Å². The largest absolute Gasteiger partial charge is 0.366 e. The number of carbonyl (C=O) groups is 2. The molecule has 1 aliphatic carbocycles. The van der Waals surface area contributed by atoms with Crippen molar-refractivity contribution >= 4 is 29.3 Å². The molecule has 1 fully saturated rings. The van der Waals surface area contributed by atoms with Crippen molar-refractivity contribution in [2.45, 2.75) is 55.4 Å². The van der Waals surface area contributed by atoms with Gasteiger partial charge in [0.1, 0.15) is 5.82 Å². The van der Waals surface area contributed by atoms with Crippen molar-refractivity contribution in [2.24, 2.45) is 5.73 Å². The molecule has 8 heteroatoms. The molecule has 1 heterocycles. The summed E-state index contributed by atoms with van der Waals surface area (Å²) in [5.41, 5.74) is 7.26. The Morgan fingerprint density at radius 1 is 1.06 bits per heavy atom. The Balaban J connectivity index is 1.49. The number of nitrogens with one attached hydrogen (secondary N) is 1. The fourth-order valence-corrected chi connectivity index (χ4v) is 4.67. The Kier molecular flexibility index (Phi) is 6.90. The zero-order valence-corrected chi connectivity index (χ0v) is 18.8. The lowest BCUT2D eigenvalue weighted by molar-refractivity contribution is -0.115. The second kappa shape index (κ2) is 9.99. The number of nitrogens with two attached hydrogens (primary N) is 1. The lowest BCUT2D eigenvalue weighted by Crippen LogP contribution is -2.22. The SMILES string of the molecule is C[C@H](Sc1nc(C2CCCCC2)n(-c2ccccc2)n1)C(=O)Nc1ccc(C(N)=O)cc1. The third-order valence-corrected chi connectivity index (χ3v) is 6.62. The summed E-state index contributed by atoms with van der Waals surface area (Å²) in [6, 6.07) is 16.5. The number of aromatic nitrogens is 3. The third kappa shape index (κ3) is 5.19. The Morgan fingerprint density at radius 2 is 1.75 bits per heavy atom. The van der Waals surface area contributed by atoms with Gasteiger partial charge in [0.15, 0.2) is 0 Å². The molecule has 1 atom stereocenters. The number of rotatable bonds is 7. The molecule has 0 aliphatic heterocycles. The molecule has 0 radical (unpaired) electrons. The number of hydrogen-bond acceptors (Lipinski definition) is 5. The summed E-state index contributed by atoms with van der Waals surface area (Å²) < 4.78 is 1.94. The Labute approximate surface area is 191 Å². The number of hydrogen-bond donors (Lipinski definition) is 2. The third-order valence-electron chi connectivity index (χ3n) is 5.67. The maximum Gasteiger partial charge on any atom is 0.248 e. The van der Waals surface area contributed by atoms with E-state index in [4.69, 9.17) is 15.8 Å². The molecule has 2 aromatic carbocycles. The van der Waals surface area contributed by atoms with Crippen LogP contribution in [0.5, 0.6) is 0 Å². The number of nitrogens with zero attached hydrogens (tertiary/aromatic N) is 3. The normalized spacial score (nSPS) is 15.3. The fraction of sp³-hybridized carbons (Fsp3) is 0.333. The van der Waals surface area contributed by atoms with Crippen LogP contribution in [0.3, 0.4) is 0 Å². The van der Waals surface area contributed by atoms with Gasteiger partial charge in [-0.05, 0) is 56.2 Å². The summed E-state index contributed by atoms with van der Waals surface area (Å²) in [6.07, 6.45) is 5.93. The monoisotopic (exact) mass is 449 g/mol. The number of thioether (sulfide) groups is 1. The van der Waals surface area contributed by atoms with E-state index in [2.05, 4.69) is 5.32 Å². The van der Waals surface area contributed by atoms with E-state index in [0.717, 1.165) is 24.4 Å². The highest BCUT2D eigenvalue weighted by Crippen LogP contribution is 2.34. The number of amides is 2. The average molecular weight is 450 g/mol. The first-order valence-electron chi connectivity index (χ1n) is 10.9. The first kappa shape index (κ1) is 22.1. The van der Waals surface area contributed by atoms with Crippen molar-refractivity contribution in [3.05, 3.63) is 66.0 Å². The minimum atomic E-state index is -0.499. The molecule has 0 saturated heterocycles. The van der Waals surface area contributed by atoms with Crippen molar-refractivity contribution in [3.63, 3.8) is 0 Å². The summed E-state index contributed by atoms with van der Waals surface area (Å²) in [5.74, 6) is 0.713. The Morgan fingerprint density at radius 3 is 2.41 bits per heavy atom. The van der Waals surface area contributed by atoms with Crippen molar-refractivity contribution in [2.75, 3.05) is 5.32 Å². The highest BCUT2D eigenvalue weighted by atomic mass is 32.2. The molecule has 1 saturated carbocycles. The fourth-order valence-electron chi connectivity index (χ4n) is 3.91. The molecular weight excluding hydrogens is 422 g/mol. The minimum absolute atomic E-state index is 0.155. The zero-order valence-electron chi connectivity index (χ0n) is 18.0. The predicted octanol–water partition coefficient (Wildman–Crippen LogP) is 4.53. The molecule has 166 valence electrons. The van der Waals surface area contributed by atoms with Crippen molar-refractivity contribution in [1.82, 2.24) is 14.8 Å². The molecule has 3 aromatic rings. The minimum Gasteiger partial charge on any atom is -0.366 e. The van der Waals surface area contributed by atoms with Crippen LogP contribution in [0.2, 0.25) is 0 Å². The number of para-hydroxylation sites is 1. The van der Waals surface area contributed by atoms with Crippen LogP contribution in [0.1, 0.15) is 61.1 Å². The van der Waals surface area contributed by atoms with Crippen LogP contribution in [0.4, 0.5) is 5.69 Å². The van der Waals surface area contributed by atoms with Crippen LogP contribution in [-0.2, 0) is 4.79 Å². The topological polar surface area (TPSA) is 103 Å². The molecule has 0 unspecified atom stereocenters. The number of benzene rings is 2. The van der Waals surface area contributed by atoms with E-state index < -0.39 is 11.2 Å². The van der Waals surface area contributed by atoms with Gasteiger partial charge in [0.25, 0.3) is 0 Å². The number of anilines is 1. The maximum absolute atomic E-state index is 12.7. The first-order valence-corrected chi connectivity index (χ1v) is 11.8. The highest BCUT2D eigenvalue weighted by Gasteiger charge is 2.25. The quantitative estimate of drug-likeness (QED) is 0.516. The number of primary amides is 1. The van der Waals surface area contributed by atoms with Crippen LogP contribution in [0.25, 0.3) is 5.69 Å². The second-order valence-corrected chi connectivity index (χ2v) is 9.33. The van der Waals surface area contributed by atoms with Gasteiger partial charge in [-0.2, -0.15) is 0 Å². The lowest BCUT2D eigenvalue weighted by atomic mass is 9.88. The van der Waals surface area contributed by atoms with Crippen molar-refractivity contribution in [3.8, 4) is 5.69 Å². The van der Waals surface area contributed by atoms with Gasteiger partial charge in [0.05, 0.1) is 10.9 Å². The average Bonchev–Trinajstić information content (AvgIpc) is 3.24. The summed E-state index contributed by atoms with van der Waals surface area (Å²) in [4.78, 5) is 28.8. The second-order valence-electron chi connectivity index (χ2n) is 8.03. The Bertz CT molecular complexity index is 1080. The molecule has 32 heavy (non-hydrogen) atoms. The Hall–Kier alpha value is -3.13. The van der Waals surface area contributed by atoms with Crippen LogP contribution < -0.4 is 11.1 Å². The van der Waals surface area contributed by atoms with E-state index in [1.807, 2.05) is 41.9 Å². The van der Waals surface area contributed by atoms with E-state index in [0.29, 0.717) is 22.3 Å². The standard InChI is InChI=1S/C24H27N5O2S/c1-16(23(31)26-19-14-12-17(13-15-19)21(25)30)32-24-27-22(18-8-4-2-5-9-18)29(28-24)20-10-6-3-7-11-20/h3,6-7,10-16,18H,2,4-5,8-9H2,1H3,(H2,25,30)(H,26,31)/t16-/m0/s1. The van der Waals surface area contributed by atoms with Gasteiger partial charge in [-0.15, -0.1) is 5.10 Å².